The molecule has 4 rings (SSSR count). The summed E-state index contributed by atoms with van der Waals surface area (Å²) in [5.41, 5.74) is 4.65. The van der Waals surface area contributed by atoms with Gasteiger partial charge in [0.2, 0.25) is 0 Å². The number of amides is 1. The summed E-state index contributed by atoms with van der Waals surface area (Å²) in [5, 5.41) is 4.45. The number of carbonyl (C=O) groups is 1. The Labute approximate surface area is 155 Å². The summed E-state index contributed by atoms with van der Waals surface area (Å²) < 4.78 is 1.89. The van der Waals surface area contributed by atoms with Crippen LogP contribution < -0.4 is 0 Å². The number of aromatic nitrogens is 2. The summed E-state index contributed by atoms with van der Waals surface area (Å²) in [4.78, 5) is 17.3. The average molecular weight is 352 g/mol. The number of benzene rings is 1. The van der Waals surface area contributed by atoms with E-state index >= 15 is 0 Å². The molecule has 2 aliphatic rings. The monoisotopic (exact) mass is 352 g/mol. The zero-order chi connectivity index (χ0) is 18.1. The van der Waals surface area contributed by atoms with E-state index < -0.39 is 0 Å². The smallest absolute Gasteiger partial charge is 0.274 e. The van der Waals surface area contributed by atoms with E-state index in [1.54, 1.807) is 0 Å². The van der Waals surface area contributed by atoms with Crippen molar-refractivity contribution >= 4 is 5.91 Å². The number of carbonyl (C=O) groups excluding carboxylic acids is 1. The fourth-order valence-corrected chi connectivity index (χ4v) is 4.38. The highest BCUT2D eigenvalue weighted by atomic mass is 16.2. The highest BCUT2D eigenvalue weighted by Gasteiger charge is 2.29. The summed E-state index contributed by atoms with van der Waals surface area (Å²) in [6, 6.07) is 11.4. The van der Waals surface area contributed by atoms with E-state index in [9.17, 15) is 4.79 Å². The first-order valence-corrected chi connectivity index (χ1v) is 9.80. The van der Waals surface area contributed by atoms with Crippen LogP contribution in [-0.4, -0.2) is 57.7 Å². The van der Waals surface area contributed by atoms with E-state index in [1.165, 1.54) is 24.0 Å². The highest BCUT2D eigenvalue weighted by molar-refractivity contribution is 5.92. The van der Waals surface area contributed by atoms with E-state index in [2.05, 4.69) is 41.2 Å². The largest absolute Gasteiger partial charge is 0.335 e. The van der Waals surface area contributed by atoms with E-state index in [4.69, 9.17) is 0 Å². The number of aryl methyl sites for hydroxylation is 3. The molecular weight excluding hydrogens is 324 g/mol. The maximum Gasteiger partial charge on any atom is 0.274 e. The fraction of sp³-hybridized carbons (Fsp3) is 0.524. The molecule has 1 aromatic carbocycles. The summed E-state index contributed by atoms with van der Waals surface area (Å²) in [7, 11) is 0. The SMILES string of the molecule is CCn1nc(C(=O)N2CCN(C3CCc4ccccc4C3)CC2)cc1C. The maximum absolute atomic E-state index is 12.8. The summed E-state index contributed by atoms with van der Waals surface area (Å²) in [6.45, 7) is 8.39. The molecule has 0 radical (unpaired) electrons. The lowest BCUT2D eigenvalue weighted by Gasteiger charge is -2.41. The fourth-order valence-electron chi connectivity index (χ4n) is 4.38. The standard InChI is InChI=1S/C21H28N4O/c1-3-25-16(2)14-20(22-25)21(26)24-12-10-23(11-13-24)19-9-8-17-6-4-5-7-18(17)15-19/h4-7,14,19H,3,8-13,15H2,1-2H3. The molecule has 1 fully saturated rings. The van der Waals surface area contributed by atoms with Gasteiger partial charge in [0.15, 0.2) is 5.69 Å². The molecule has 1 atom stereocenters. The van der Waals surface area contributed by atoms with E-state index in [-0.39, 0.29) is 5.91 Å². The lowest BCUT2D eigenvalue weighted by Crippen LogP contribution is -2.53. The van der Waals surface area contributed by atoms with Gasteiger partial charge in [-0.25, -0.2) is 0 Å². The lowest BCUT2D eigenvalue weighted by molar-refractivity contribution is 0.0547. The quantitative estimate of drug-likeness (QED) is 0.852. The first kappa shape index (κ1) is 17.3. The molecule has 0 saturated carbocycles. The van der Waals surface area contributed by atoms with Crippen LogP contribution in [0.15, 0.2) is 30.3 Å². The minimum absolute atomic E-state index is 0.0777. The maximum atomic E-state index is 12.8. The van der Waals surface area contributed by atoms with Gasteiger partial charge in [-0.1, -0.05) is 24.3 Å². The van der Waals surface area contributed by atoms with Crippen LogP contribution in [0.4, 0.5) is 0 Å². The van der Waals surface area contributed by atoms with Gasteiger partial charge in [-0.3, -0.25) is 14.4 Å². The molecule has 0 bridgehead atoms. The second-order valence-corrected chi connectivity index (χ2v) is 7.48. The minimum atomic E-state index is 0.0777. The van der Waals surface area contributed by atoms with Crippen LogP contribution in [0.5, 0.6) is 0 Å². The van der Waals surface area contributed by atoms with Crippen molar-refractivity contribution in [1.82, 2.24) is 19.6 Å². The van der Waals surface area contributed by atoms with Gasteiger partial charge in [0.05, 0.1) is 0 Å². The van der Waals surface area contributed by atoms with Gasteiger partial charge >= 0.3 is 0 Å². The molecule has 1 aliphatic carbocycles. The molecule has 2 aromatic rings. The number of fused-ring (bicyclic) bond motifs is 1. The van der Waals surface area contributed by atoms with Gasteiger partial charge < -0.3 is 4.90 Å². The van der Waals surface area contributed by atoms with Crippen molar-refractivity contribution in [2.45, 2.75) is 45.7 Å². The average Bonchev–Trinajstić information content (AvgIpc) is 3.08. The van der Waals surface area contributed by atoms with Crippen LogP contribution in [-0.2, 0) is 19.4 Å². The number of rotatable bonds is 3. The zero-order valence-electron chi connectivity index (χ0n) is 15.8. The normalized spacial score (nSPS) is 20.8. The first-order valence-electron chi connectivity index (χ1n) is 9.80. The van der Waals surface area contributed by atoms with Gasteiger partial charge in [0, 0.05) is 44.5 Å². The Bertz CT molecular complexity index is 789. The van der Waals surface area contributed by atoms with Crippen molar-refractivity contribution in [3.63, 3.8) is 0 Å². The summed E-state index contributed by atoms with van der Waals surface area (Å²) in [6.07, 6.45) is 3.54. The van der Waals surface area contributed by atoms with Crippen molar-refractivity contribution in [3.05, 3.63) is 52.8 Å². The van der Waals surface area contributed by atoms with Gasteiger partial charge in [-0.2, -0.15) is 5.10 Å². The third kappa shape index (κ3) is 3.28. The number of hydrogen-bond acceptors (Lipinski definition) is 3. The molecule has 5 heteroatoms. The number of nitrogens with zero attached hydrogens (tertiary/aromatic N) is 4. The van der Waals surface area contributed by atoms with Crippen molar-refractivity contribution in [2.75, 3.05) is 26.2 Å². The number of piperazine rings is 1. The molecule has 26 heavy (non-hydrogen) atoms. The van der Waals surface area contributed by atoms with Crippen molar-refractivity contribution in [1.29, 1.82) is 0 Å². The van der Waals surface area contributed by atoms with Crippen molar-refractivity contribution < 1.29 is 4.79 Å². The van der Waals surface area contributed by atoms with E-state index in [0.717, 1.165) is 44.8 Å². The summed E-state index contributed by atoms with van der Waals surface area (Å²) >= 11 is 0. The predicted molar refractivity (Wildman–Crippen MR) is 102 cm³/mol. The van der Waals surface area contributed by atoms with Crippen molar-refractivity contribution in [3.8, 4) is 0 Å². The Balaban J connectivity index is 1.36. The lowest BCUT2D eigenvalue weighted by atomic mass is 9.87. The highest BCUT2D eigenvalue weighted by Crippen LogP contribution is 2.25. The molecule has 1 unspecified atom stereocenters. The number of hydrogen-bond donors (Lipinski definition) is 0. The third-order valence-corrected chi connectivity index (χ3v) is 5.94. The molecule has 1 amide bonds. The Kier molecular flexibility index (Phi) is 4.81. The first-order chi connectivity index (χ1) is 12.7. The Morgan fingerprint density at radius 1 is 1.15 bits per heavy atom. The molecule has 0 spiro atoms. The van der Waals surface area contributed by atoms with Crippen molar-refractivity contribution in [2.24, 2.45) is 0 Å². The molecule has 2 heterocycles. The van der Waals surface area contributed by atoms with Crippen LogP contribution >= 0.6 is 0 Å². The topological polar surface area (TPSA) is 41.4 Å². The Hall–Kier alpha value is -2.14. The molecule has 0 N–H and O–H groups in total. The van der Waals surface area contributed by atoms with Gasteiger partial charge in [0.1, 0.15) is 0 Å². The molecule has 138 valence electrons. The second kappa shape index (κ2) is 7.23. The van der Waals surface area contributed by atoms with Crippen LogP contribution in [0.2, 0.25) is 0 Å². The Morgan fingerprint density at radius 2 is 1.88 bits per heavy atom. The van der Waals surface area contributed by atoms with E-state index in [0.29, 0.717) is 11.7 Å². The zero-order valence-corrected chi connectivity index (χ0v) is 15.8. The van der Waals surface area contributed by atoms with Crippen LogP contribution in [0.25, 0.3) is 0 Å². The van der Waals surface area contributed by atoms with Crippen LogP contribution in [0.3, 0.4) is 0 Å². The molecule has 1 aromatic heterocycles. The predicted octanol–water partition coefficient (Wildman–Crippen LogP) is 2.53. The Morgan fingerprint density at radius 3 is 2.58 bits per heavy atom. The molecule has 5 nitrogen and oxygen atoms in total. The van der Waals surface area contributed by atoms with Crippen LogP contribution in [0.1, 0.15) is 40.7 Å². The second-order valence-electron chi connectivity index (χ2n) is 7.48. The molecule has 1 saturated heterocycles. The summed E-state index contributed by atoms with van der Waals surface area (Å²) in [5.74, 6) is 0.0777. The minimum Gasteiger partial charge on any atom is -0.335 e. The van der Waals surface area contributed by atoms with E-state index in [1.807, 2.05) is 22.6 Å². The van der Waals surface area contributed by atoms with Gasteiger partial charge in [0.25, 0.3) is 5.91 Å². The molecule has 1 aliphatic heterocycles. The van der Waals surface area contributed by atoms with Gasteiger partial charge in [-0.15, -0.1) is 0 Å². The van der Waals surface area contributed by atoms with Crippen LogP contribution in [0, 0.1) is 6.92 Å². The molecular formula is C21H28N4O. The third-order valence-electron chi connectivity index (χ3n) is 5.94. The van der Waals surface area contributed by atoms with Gasteiger partial charge in [-0.05, 0) is 50.3 Å².